The lowest BCUT2D eigenvalue weighted by Gasteiger charge is -2.32. The predicted molar refractivity (Wildman–Crippen MR) is 73.4 cm³/mol. The Balaban J connectivity index is 2.19. The zero-order chi connectivity index (χ0) is 14.0. The van der Waals surface area contributed by atoms with Crippen LogP contribution in [0.4, 0.5) is 0 Å². The molecule has 0 spiro atoms. The maximum atomic E-state index is 12.4. The Morgan fingerprint density at radius 1 is 1.32 bits per heavy atom. The fourth-order valence-electron chi connectivity index (χ4n) is 2.52. The predicted octanol–water partition coefficient (Wildman–Crippen LogP) is 1.43. The van der Waals surface area contributed by atoms with Crippen LogP contribution in [-0.4, -0.2) is 30.8 Å². The van der Waals surface area contributed by atoms with Crippen molar-refractivity contribution in [1.29, 1.82) is 0 Å². The summed E-state index contributed by atoms with van der Waals surface area (Å²) in [5.41, 5.74) is -0.454. The third-order valence-corrected chi connectivity index (χ3v) is 5.77. The van der Waals surface area contributed by atoms with E-state index >= 15 is 0 Å². The van der Waals surface area contributed by atoms with Crippen molar-refractivity contribution >= 4 is 10.0 Å². The average molecular weight is 284 g/mol. The zero-order valence-corrected chi connectivity index (χ0v) is 12.1. The van der Waals surface area contributed by atoms with Gasteiger partial charge in [-0.2, -0.15) is 4.31 Å². The van der Waals surface area contributed by atoms with Crippen LogP contribution in [0.3, 0.4) is 0 Å². The van der Waals surface area contributed by atoms with E-state index in [-0.39, 0.29) is 4.90 Å². The molecule has 0 radical (unpaired) electrons. The molecule has 0 bridgehead atoms. The molecule has 1 aromatic rings. The van der Waals surface area contributed by atoms with E-state index in [1.165, 1.54) is 22.8 Å². The summed E-state index contributed by atoms with van der Waals surface area (Å²) in [7, 11) is -3.65. The van der Waals surface area contributed by atoms with Crippen molar-refractivity contribution in [3.8, 4) is 0 Å². The highest BCUT2D eigenvalue weighted by molar-refractivity contribution is 7.89. The smallest absolute Gasteiger partial charge is 0.248 e. The summed E-state index contributed by atoms with van der Waals surface area (Å²) >= 11 is 0. The number of nitrogens with zero attached hydrogens (tertiary/aromatic N) is 1. The largest absolute Gasteiger partial charge is 0.366 e. The maximum absolute atomic E-state index is 12.4. The van der Waals surface area contributed by atoms with E-state index < -0.39 is 15.5 Å². The summed E-state index contributed by atoms with van der Waals surface area (Å²) in [4.78, 5) is 14.2. The molecule has 0 saturated carbocycles. The summed E-state index contributed by atoms with van der Waals surface area (Å²) in [6, 6.07) is 1.24. The number of H-pyrrole nitrogens is 1. The van der Waals surface area contributed by atoms with Gasteiger partial charge in [0, 0.05) is 31.5 Å². The van der Waals surface area contributed by atoms with E-state index in [0.29, 0.717) is 24.9 Å². The Bertz CT molecular complexity index is 584. The minimum Gasteiger partial charge on any atom is -0.366 e. The minimum atomic E-state index is -3.65. The van der Waals surface area contributed by atoms with Gasteiger partial charge in [0.05, 0.1) is 0 Å². The molecule has 1 fully saturated rings. The van der Waals surface area contributed by atoms with Crippen molar-refractivity contribution in [2.45, 2.75) is 31.6 Å². The van der Waals surface area contributed by atoms with Gasteiger partial charge >= 0.3 is 0 Å². The quantitative estimate of drug-likeness (QED) is 0.913. The molecule has 0 unspecified atom stereocenters. The number of pyridine rings is 1. The molecule has 1 aliphatic rings. The maximum Gasteiger partial charge on any atom is 0.248 e. The first kappa shape index (κ1) is 14.3. The third kappa shape index (κ3) is 2.90. The second-order valence-corrected chi connectivity index (χ2v) is 7.26. The van der Waals surface area contributed by atoms with E-state index in [9.17, 15) is 13.2 Å². The number of hydrogen-bond donors (Lipinski definition) is 1. The van der Waals surface area contributed by atoms with Crippen LogP contribution in [0.5, 0.6) is 0 Å². The van der Waals surface area contributed by atoms with Crippen LogP contribution < -0.4 is 5.43 Å². The molecule has 0 aliphatic carbocycles. The molecule has 1 N–H and O–H groups in total. The number of piperidine rings is 1. The van der Waals surface area contributed by atoms with Gasteiger partial charge < -0.3 is 4.98 Å². The van der Waals surface area contributed by atoms with Gasteiger partial charge in [0.15, 0.2) is 0 Å². The van der Waals surface area contributed by atoms with Crippen molar-refractivity contribution in [2.75, 3.05) is 13.1 Å². The first-order valence-corrected chi connectivity index (χ1v) is 8.04. The first-order valence-electron chi connectivity index (χ1n) is 6.60. The van der Waals surface area contributed by atoms with Crippen LogP contribution in [0.1, 0.15) is 26.7 Å². The Hall–Kier alpha value is -1.14. The third-order valence-electron chi connectivity index (χ3n) is 3.85. The molecule has 0 aromatic carbocycles. The molecule has 1 aliphatic heterocycles. The van der Waals surface area contributed by atoms with Crippen LogP contribution in [0, 0.1) is 11.8 Å². The monoisotopic (exact) mass is 284 g/mol. The second kappa shape index (κ2) is 5.46. The number of aromatic amines is 1. The van der Waals surface area contributed by atoms with Crippen LogP contribution in [0.2, 0.25) is 0 Å². The standard InChI is InChI=1S/C13H20N2O3S/c1-10(2)11-4-7-15(8-5-11)19(17,18)13-9-14-6-3-12(13)16/h3,6,9-11H,4-5,7-8H2,1-2H3,(H,14,16). The van der Waals surface area contributed by atoms with Crippen molar-refractivity contribution in [1.82, 2.24) is 9.29 Å². The second-order valence-electron chi connectivity index (χ2n) is 5.36. The normalized spacial score (nSPS) is 18.9. The summed E-state index contributed by atoms with van der Waals surface area (Å²) < 4.78 is 26.2. The summed E-state index contributed by atoms with van der Waals surface area (Å²) in [6.45, 7) is 5.33. The van der Waals surface area contributed by atoms with Crippen molar-refractivity contribution in [3.63, 3.8) is 0 Å². The van der Waals surface area contributed by atoms with Gasteiger partial charge in [-0.25, -0.2) is 8.42 Å². The number of hydrogen-bond acceptors (Lipinski definition) is 3. The van der Waals surface area contributed by atoms with Crippen molar-refractivity contribution < 1.29 is 8.42 Å². The van der Waals surface area contributed by atoms with Crippen LogP contribution in [0.25, 0.3) is 0 Å². The Kier molecular flexibility index (Phi) is 4.10. The molecule has 2 heterocycles. The molecule has 2 rings (SSSR count). The Labute approximate surface area is 113 Å². The zero-order valence-electron chi connectivity index (χ0n) is 11.3. The highest BCUT2D eigenvalue weighted by Crippen LogP contribution is 2.27. The lowest BCUT2D eigenvalue weighted by Crippen LogP contribution is -2.40. The number of nitrogens with one attached hydrogen (secondary N) is 1. The molecule has 0 amide bonds. The molecular weight excluding hydrogens is 264 g/mol. The van der Waals surface area contributed by atoms with Gasteiger partial charge in [-0.1, -0.05) is 13.8 Å². The van der Waals surface area contributed by atoms with Gasteiger partial charge in [0.1, 0.15) is 4.90 Å². The molecule has 106 valence electrons. The van der Waals surface area contributed by atoms with Crippen LogP contribution in [0.15, 0.2) is 28.2 Å². The first-order chi connectivity index (χ1) is 8.93. The lowest BCUT2D eigenvalue weighted by molar-refractivity contribution is 0.226. The van der Waals surface area contributed by atoms with Crippen molar-refractivity contribution in [2.24, 2.45) is 11.8 Å². The molecule has 5 nitrogen and oxygen atoms in total. The summed E-state index contributed by atoms with van der Waals surface area (Å²) in [6.07, 6.45) is 4.43. The van der Waals surface area contributed by atoms with Gasteiger partial charge in [0.2, 0.25) is 15.5 Å². The number of aromatic nitrogens is 1. The molecule has 1 aromatic heterocycles. The molecule has 0 atom stereocenters. The van der Waals surface area contributed by atoms with Gasteiger partial charge in [0.25, 0.3) is 0 Å². The lowest BCUT2D eigenvalue weighted by atomic mass is 9.87. The van der Waals surface area contributed by atoms with Crippen LogP contribution in [-0.2, 0) is 10.0 Å². The van der Waals surface area contributed by atoms with E-state index in [2.05, 4.69) is 18.8 Å². The summed E-state index contributed by atoms with van der Waals surface area (Å²) in [5, 5.41) is 0. The minimum absolute atomic E-state index is 0.155. The SMILES string of the molecule is CC(C)C1CCN(S(=O)(=O)c2c[nH]ccc2=O)CC1. The molecule has 19 heavy (non-hydrogen) atoms. The molecule has 1 saturated heterocycles. The van der Waals surface area contributed by atoms with Gasteiger partial charge in [-0.05, 0) is 24.7 Å². The molecule has 6 heteroatoms. The number of rotatable bonds is 3. The van der Waals surface area contributed by atoms with Gasteiger partial charge in [-0.15, -0.1) is 0 Å². The average Bonchev–Trinajstić information content (AvgIpc) is 2.39. The van der Waals surface area contributed by atoms with Crippen molar-refractivity contribution in [3.05, 3.63) is 28.7 Å². The van der Waals surface area contributed by atoms with E-state index in [0.717, 1.165) is 12.8 Å². The van der Waals surface area contributed by atoms with E-state index in [1.807, 2.05) is 0 Å². The number of sulfonamides is 1. The van der Waals surface area contributed by atoms with E-state index in [4.69, 9.17) is 0 Å². The van der Waals surface area contributed by atoms with Gasteiger partial charge in [-0.3, -0.25) is 4.79 Å². The highest BCUT2D eigenvalue weighted by atomic mass is 32.2. The molecular formula is C13H20N2O3S. The fraction of sp³-hybridized carbons (Fsp3) is 0.615. The van der Waals surface area contributed by atoms with Crippen LogP contribution >= 0.6 is 0 Å². The fourth-order valence-corrected chi connectivity index (χ4v) is 4.03. The van der Waals surface area contributed by atoms with E-state index in [1.54, 1.807) is 0 Å². The highest BCUT2D eigenvalue weighted by Gasteiger charge is 2.31. The summed E-state index contributed by atoms with van der Waals surface area (Å²) in [5.74, 6) is 1.14. The Morgan fingerprint density at radius 2 is 1.95 bits per heavy atom. The topological polar surface area (TPSA) is 70.2 Å². The Morgan fingerprint density at radius 3 is 2.47 bits per heavy atom.